The summed E-state index contributed by atoms with van der Waals surface area (Å²) in [5.74, 6) is 1.11. The van der Waals surface area contributed by atoms with E-state index in [0.29, 0.717) is 11.5 Å². The summed E-state index contributed by atoms with van der Waals surface area (Å²) in [5, 5.41) is 13.7. The van der Waals surface area contributed by atoms with Crippen LogP contribution >= 0.6 is 0 Å². The van der Waals surface area contributed by atoms with Crippen LogP contribution in [0.15, 0.2) is 49.4 Å². The van der Waals surface area contributed by atoms with Gasteiger partial charge in [0.1, 0.15) is 6.07 Å². The van der Waals surface area contributed by atoms with Crippen molar-refractivity contribution in [1.29, 1.82) is 5.26 Å². The summed E-state index contributed by atoms with van der Waals surface area (Å²) in [6.07, 6.45) is 10.1. The third kappa shape index (κ3) is 5.23. The Morgan fingerprint density at radius 2 is 2.06 bits per heavy atom. The molecule has 1 atom stereocenters. The molecule has 0 fully saturated rings. The lowest BCUT2D eigenvalue weighted by Crippen LogP contribution is -2.30. The zero-order valence-electron chi connectivity index (χ0n) is 20.0. The Hall–Kier alpha value is -3.23. The maximum atomic E-state index is 9.13. The summed E-state index contributed by atoms with van der Waals surface area (Å²) >= 11 is 0. The molecule has 0 bridgehead atoms. The first kappa shape index (κ1) is 22.9. The van der Waals surface area contributed by atoms with Gasteiger partial charge in [-0.2, -0.15) is 10.4 Å². The van der Waals surface area contributed by atoms with Gasteiger partial charge in [0.15, 0.2) is 5.82 Å². The van der Waals surface area contributed by atoms with Crippen molar-refractivity contribution in [3.05, 3.63) is 82.8 Å². The van der Waals surface area contributed by atoms with E-state index in [0.717, 1.165) is 56.7 Å². The van der Waals surface area contributed by atoms with Crippen molar-refractivity contribution in [2.75, 3.05) is 19.6 Å². The van der Waals surface area contributed by atoms with E-state index in [1.54, 1.807) is 6.20 Å². The molecule has 0 aliphatic heterocycles. The molecule has 5 heteroatoms. The zero-order valence-corrected chi connectivity index (χ0v) is 20.0. The molecule has 0 amide bonds. The molecule has 0 radical (unpaired) electrons. The molecule has 5 nitrogen and oxygen atoms in total. The van der Waals surface area contributed by atoms with Gasteiger partial charge >= 0.3 is 0 Å². The molecule has 0 N–H and O–H groups in total. The third-order valence-corrected chi connectivity index (χ3v) is 6.66. The number of benzene rings is 1. The molecular formula is C28H33N5. The minimum atomic E-state index is 0.369. The monoisotopic (exact) mass is 439 g/mol. The van der Waals surface area contributed by atoms with E-state index in [-0.39, 0.29) is 0 Å². The second kappa shape index (κ2) is 10.1. The molecule has 1 unspecified atom stereocenters. The molecule has 1 aliphatic rings. The zero-order chi connectivity index (χ0) is 23.4. The lowest BCUT2D eigenvalue weighted by molar-refractivity contribution is 0.264. The Morgan fingerprint density at radius 1 is 1.21 bits per heavy atom. The molecule has 3 aromatic rings. The van der Waals surface area contributed by atoms with Crippen molar-refractivity contribution in [1.82, 2.24) is 19.7 Å². The predicted octanol–water partition coefficient (Wildman–Crippen LogP) is 5.47. The van der Waals surface area contributed by atoms with Crippen molar-refractivity contribution in [3.8, 4) is 11.9 Å². The van der Waals surface area contributed by atoms with Crippen LogP contribution in [0.5, 0.6) is 0 Å². The predicted molar refractivity (Wildman–Crippen MR) is 133 cm³/mol. The highest BCUT2D eigenvalue weighted by Gasteiger charge is 2.17. The first-order valence-electron chi connectivity index (χ1n) is 11.9. The number of hydrogen-bond donors (Lipinski definition) is 0. The van der Waals surface area contributed by atoms with Gasteiger partial charge in [-0.05, 0) is 84.5 Å². The first-order valence-corrected chi connectivity index (χ1v) is 11.9. The van der Waals surface area contributed by atoms with Crippen molar-refractivity contribution in [2.45, 2.75) is 52.4 Å². The Bertz CT molecular complexity index is 1180. The Balaban J connectivity index is 1.39. The quantitative estimate of drug-likeness (QED) is 0.444. The van der Waals surface area contributed by atoms with Crippen LogP contribution in [-0.2, 0) is 12.8 Å². The maximum absolute atomic E-state index is 9.13. The highest BCUT2D eigenvalue weighted by molar-refractivity contribution is 5.71. The van der Waals surface area contributed by atoms with Crippen molar-refractivity contribution in [3.63, 3.8) is 0 Å². The van der Waals surface area contributed by atoms with Crippen molar-refractivity contribution < 1.29 is 0 Å². The standard InChI is InChI=1S/C28H33N5/c1-5-11-32(12-10-23-7-9-27-20(2)6-8-24(27)14-23)18-22(4)26-17-31-33(19-26)28-13-21(3)25(15-29)16-30-28/h7,9,13-14,16-17,19,22H,2,5-6,8,10-12,18H2,1,3-4H3. The fraction of sp³-hybridized carbons (Fsp3) is 0.393. The van der Waals surface area contributed by atoms with Crippen LogP contribution in [-0.4, -0.2) is 39.3 Å². The number of allylic oxidation sites excluding steroid dienone is 1. The average Bonchev–Trinajstić information content (AvgIpc) is 3.45. The van der Waals surface area contributed by atoms with Gasteiger partial charge in [0.25, 0.3) is 0 Å². The Kier molecular flexibility index (Phi) is 7.05. The SMILES string of the molecule is C=C1CCc2cc(CCN(CCC)CC(C)c3cnn(-c4cc(C)c(C#N)cn4)c3)ccc21. The second-order valence-electron chi connectivity index (χ2n) is 9.23. The summed E-state index contributed by atoms with van der Waals surface area (Å²) < 4.78 is 1.81. The lowest BCUT2D eigenvalue weighted by Gasteiger charge is -2.25. The molecule has 0 saturated heterocycles. The highest BCUT2D eigenvalue weighted by atomic mass is 15.3. The van der Waals surface area contributed by atoms with E-state index in [4.69, 9.17) is 5.26 Å². The van der Waals surface area contributed by atoms with Gasteiger partial charge in [-0.15, -0.1) is 0 Å². The highest BCUT2D eigenvalue weighted by Crippen LogP contribution is 2.31. The van der Waals surface area contributed by atoms with Gasteiger partial charge in [-0.25, -0.2) is 9.67 Å². The number of rotatable bonds is 9. The fourth-order valence-corrected chi connectivity index (χ4v) is 4.67. The van der Waals surface area contributed by atoms with Crippen molar-refractivity contribution >= 4 is 5.57 Å². The number of hydrogen-bond acceptors (Lipinski definition) is 4. The normalized spacial score (nSPS) is 13.8. The van der Waals surface area contributed by atoms with Crippen molar-refractivity contribution in [2.24, 2.45) is 0 Å². The molecule has 33 heavy (non-hydrogen) atoms. The van der Waals surface area contributed by atoms with Gasteiger partial charge in [0.05, 0.1) is 11.8 Å². The third-order valence-electron chi connectivity index (χ3n) is 6.66. The van der Waals surface area contributed by atoms with E-state index in [1.165, 1.54) is 27.8 Å². The number of pyridine rings is 1. The van der Waals surface area contributed by atoms with Crippen LogP contribution in [0.2, 0.25) is 0 Å². The number of nitriles is 1. The molecule has 1 aromatic carbocycles. The maximum Gasteiger partial charge on any atom is 0.153 e. The smallest absolute Gasteiger partial charge is 0.153 e. The lowest BCUT2D eigenvalue weighted by atomic mass is 10.0. The van der Waals surface area contributed by atoms with E-state index in [9.17, 15) is 0 Å². The van der Waals surface area contributed by atoms with Crippen LogP contribution in [0.4, 0.5) is 0 Å². The van der Waals surface area contributed by atoms with E-state index < -0.39 is 0 Å². The molecule has 2 heterocycles. The molecule has 0 spiro atoms. The summed E-state index contributed by atoms with van der Waals surface area (Å²) in [5.41, 5.74) is 8.25. The number of aryl methyl sites for hydroxylation is 2. The largest absolute Gasteiger partial charge is 0.302 e. The summed E-state index contributed by atoms with van der Waals surface area (Å²) in [6.45, 7) is 13.8. The first-order chi connectivity index (χ1) is 16.0. The second-order valence-corrected chi connectivity index (χ2v) is 9.23. The van der Waals surface area contributed by atoms with E-state index in [2.05, 4.69) is 65.9 Å². The van der Waals surface area contributed by atoms with Crippen LogP contribution in [0.25, 0.3) is 11.4 Å². The van der Waals surface area contributed by atoms with Gasteiger partial charge < -0.3 is 4.90 Å². The Labute approximate surface area is 197 Å². The van der Waals surface area contributed by atoms with Crippen LogP contribution in [0.3, 0.4) is 0 Å². The minimum absolute atomic E-state index is 0.369. The summed E-state index contributed by atoms with van der Waals surface area (Å²) in [6, 6.07) is 11.0. The number of fused-ring (bicyclic) bond motifs is 1. The van der Waals surface area contributed by atoms with Gasteiger partial charge in [0.2, 0.25) is 0 Å². The van der Waals surface area contributed by atoms with E-state index in [1.807, 2.05) is 23.9 Å². The molecular weight excluding hydrogens is 406 g/mol. The molecule has 170 valence electrons. The summed E-state index contributed by atoms with van der Waals surface area (Å²) in [4.78, 5) is 6.97. The topological polar surface area (TPSA) is 57.7 Å². The van der Waals surface area contributed by atoms with Gasteiger partial charge in [-0.3, -0.25) is 0 Å². The van der Waals surface area contributed by atoms with Gasteiger partial charge in [-0.1, -0.05) is 38.6 Å². The fourth-order valence-electron chi connectivity index (χ4n) is 4.67. The average molecular weight is 440 g/mol. The molecule has 2 aromatic heterocycles. The molecule has 0 saturated carbocycles. The minimum Gasteiger partial charge on any atom is -0.302 e. The van der Waals surface area contributed by atoms with E-state index >= 15 is 0 Å². The summed E-state index contributed by atoms with van der Waals surface area (Å²) in [7, 11) is 0. The molecule has 4 rings (SSSR count). The molecule has 1 aliphatic carbocycles. The van der Waals surface area contributed by atoms with Crippen LogP contribution < -0.4 is 0 Å². The Morgan fingerprint density at radius 3 is 2.82 bits per heavy atom. The van der Waals surface area contributed by atoms with Crippen LogP contribution in [0.1, 0.15) is 66.0 Å². The number of nitrogens with zero attached hydrogens (tertiary/aromatic N) is 5. The number of aromatic nitrogens is 3. The van der Waals surface area contributed by atoms with Crippen LogP contribution in [0, 0.1) is 18.3 Å². The van der Waals surface area contributed by atoms with Gasteiger partial charge in [0, 0.05) is 25.5 Å².